The van der Waals surface area contributed by atoms with Crippen LogP contribution in [0.4, 0.5) is 17.3 Å². The topological polar surface area (TPSA) is 85.3 Å². The maximum absolute atomic E-state index is 11.0. The lowest BCUT2D eigenvalue weighted by atomic mass is 10.3. The van der Waals surface area contributed by atoms with Crippen LogP contribution in [-0.4, -0.2) is 34.5 Å². The zero-order valence-electron chi connectivity index (χ0n) is 9.33. The van der Waals surface area contributed by atoms with E-state index >= 15 is 0 Å². The predicted molar refractivity (Wildman–Crippen MR) is 69.5 cm³/mol. The molecule has 0 amide bonds. The van der Waals surface area contributed by atoms with Crippen molar-refractivity contribution >= 4 is 29.1 Å². The van der Waals surface area contributed by atoms with Gasteiger partial charge in [-0.3, -0.25) is 10.1 Å². The summed E-state index contributed by atoms with van der Waals surface area (Å²) in [6, 6.07) is 2.89. The first-order valence-electron chi connectivity index (χ1n) is 5.42. The predicted octanol–water partition coefficient (Wildman–Crippen LogP) is 1.52. The summed E-state index contributed by atoms with van der Waals surface area (Å²) < 4.78 is 0. The molecule has 0 aromatic carbocycles. The molecule has 0 saturated carbocycles. The highest BCUT2D eigenvalue weighted by atomic mass is 32.2. The molecule has 2 rings (SSSR count). The summed E-state index contributed by atoms with van der Waals surface area (Å²) in [5.74, 6) is 2.78. The second kappa shape index (κ2) is 5.22. The average molecular weight is 254 g/mol. The number of nitrogen functional groups attached to an aromatic ring is 1. The second-order valence-electron chi connectivity index (χ2n) is 3.79. The molecule has 7 heteroatoms. The minimum Gasteiger partial charge on any atom is -0.384 e. The molecule has 1 aliphatic rings. The fourth-order valence-corrected chi connectivity index (χ4v) is 2.68. The number of nitro groups is 1. The molecule has 1 fully saturated rings. The molecule has 1 aliphatic heterocycles. The van der Waals surface area contributed by atoms with Crippen molar-refractivity contribution in [2.45, 2.75) is 6.42 Å². The Morgan fingerprint density at radius 1 is 1.41 bits per heavy atom. The molecule has 92 valence electrons. The third-order valence-corrected chi connectivity index (χ3v) is 3.64. The Labute approximate surface area is 103 Å². The van der Waals surface area contributed by atoms with Crippen LogP contribution in [0.2, 0.25) is 0 Å². The van der Waals surface area contributed by atoms with Crippen molar-refractivity contribution in [2.24, 2.45) is 0 Å². The second-order valence-corrected chi connectivity index (χ2v) is 5.01. The van der Waals surface area contributed by atoms with E-state index in [0.29, 0.717) is 11.6 Å². The summed E-state index contributed by atoms with van der Waals surface area (Å²) in [4.78, 5) is 16.6. The minimum atomic E-state index is -0.403. The summed E-state index contributed by atoms with van der Waals surface area (Å²) in [5, 5.41) is 11.0. The molecule has 1 saturated heterocycles. The molecular formula is C10H14N4O2S. The van der Waals surface area contributed by atoms with Gasteiger partial charge in [0.1, 0.15) is 5.82 Å². The number of rotatable bonds is 2. The highest BCUT2D eigenvalue weighted by molar-refractivity contribution is 7.99. The molecule has 0 atom stereocenters. The highest BCUT2D eigenvalue weighted by Gasteiger charge is 2.22. The van der Waals surface area contributed by atoms with Crippen LogP contribution in [0.5, 0.6) is 0 Å². The lowest BCUT2D eigenvalue weighted by Crippen LogP contribution is -2.27. The first kappa shape index (κ1) is 12.0. The number of nitrogens with zero attached hydrogens (tertiary/aromatic N) is 3. The van der Waals surface area contributed by atoms with Crippen molar-refractivity contribution in [3.63, 3.8) is 0 Å². The fourth-order valence-electron chi connectivity index (χ4n) is 1.79. The van der Waals surface area contributed by atoms with Gasteiger partial charge in [0, 0.05) is 24.9 Å². The van der Waals surface area contributed by atoms with Gasteiger partial charge in [0.2, 0.25) is 5.82 Å². The number of hydrogen-bond donors (Lipinski definition) is 1. The Morgan fingerprint density at radius 3 is 3.00 bits per heavy atom. The highest BCUT2D eigenvalue weighted by Crippen LogP contribution is 2.28. The third kappa shape index (κ3) is 2.79. The van der Waals surface area contributed by atoms with Crippen molar-refractivity contribution in [3.8, 4) is 0 Å². The van der Waals surface area contributed by atoms with E-state index in [2.05, 4.69) is 4.98 Å². The number of aromatic nitrogens is 1. The van der Waals surface area contributed by atoms with Crippen LogP contribution < -0.4 is 10.6 Å². The standard InChI is InChI=1S/C10H14N4O2S/c11-9-3-2-8(14(15)16)10(12-9)13-4-1-6-17-7-5-13/h2-3H,1,4-7H2,(H2,11,12). The molecule has 6 nitrogen and oxygen atoms in total. The molecule has 0 unspecified atom stereocenters. The molecule has 0 spiro atoms. The van der Waals surface area contributed by atoms with E-state index in [1.54, 1.807) is 0 Å². The van der Waals surface area contributed by atoms with E-state index in [0.717, 1.165) is 31.0 Å². The molecule has 1 aromatic rings. The normalized spacial score (nSPS) is 16.6. The molecule has 0 aliphatic carbocycles. The van der Waals surface area contributed by atoms with E-state index in [1.807, 2.05) is 16.7 Å². The lowest BCUT2D eigenvalue weighted by Gasteiger charge is -2.20. The molecule has 0 radical (unpaired) electrons. The van der Waals surface area contributed by atoms with Gasteiger partial charge in [-0.05, 0) is 18.2 Å². The number of nitrogens with two attached hydrogens (primary N) is 1. The van der Waals surface area contributed by atoms with Gasteiger partial charge in [0.25, 0.3) is 0 Å². The molecular weight excluding hydrogens is 240 g/mol. The molecule has 2 N–H and O–H groups in total. The SMILES string of the molecule is Nc1ccc([N+](=O)[O-])c(N2CCCSCC2)n1. The average Bonchev–Trinajstić information content (AvgIpc) is 2.56. The lowest BCUT2D eigenvalue weighted by molar-refractivity contribution is -0.384. The number of anilines is 2. The first-order valence-corrected chi connectivity index (χ1v) is 6.57. The van der Waals surface area contributed by atoms with E-state index in [9.17, 15) is 10.1 Å². The van der Waals surface area contributed by atoms with Crippen LogP contribution in [0, 0.1) is 10.1 Å². The summed E-state index contributed by atoms with van der Waals surface area (Å²) >= 11 is 1.86. The van der Waals surface area contributed by atoms with Crippen LogP contribution in [0.3, 0.4) is 0 Å². The summed E-state index contributed by atoms with van der Waals surface area (Å²) in [5.41, 5.74) is 5.64. The van der Waals surface area contributed by atoms with E-state index in [1.165, 1.54) is 12.1 Å². The van der Waals surface area contributed by atoms with Gasteiger partial charge in [-0.2, -0.15) is 11.8 Å². The van der Waals surface area contributed by atoms with Gasteiger partial charge in [-0.15, -0.1) is 0 Å². The largest absolute Gasteiger partial charge is 0.384 e. The Bertz CT molecular complexity index is 419. The first-order chi connectivity index (χ1) is 8.18. The van der Waals surface area contributed by atoms with Crippen LogP contribution >= 0.6 is 11.8 Å². The van der Waals surface area contributed by atoms with Crippen LogP contribution in [0.1, 0.15) is 6.42 Å². The monoisotopic (exact) mass is 254 g/mol. The van der Waals surface area contributed by atoms with Crippen molar-refractivity contribution in [3.05, 3.63) is 22.2 Å². The molecule has 0 bridgehead atoms. The Kier molecular flexibility index (Phi) is 3.68. The maximum atomic E-state index is 11.0. The summed E-state index contributed by atoms with van der Waals surface area (Å²) in [6.07, 6.45) is 1.01. The van der Waals surface area contributed by atoms with E-state index in [-0.39, 0.29) is 5.69 Å². The van der Waals surface area contributed by atoms with Crippen LogP contribution in [-0.2, 0) is 0 Å². The van der Waals surface area contributed by atoms with Crippen molar-refractivity contribution in [1.82, 2.24) is 4.98 Å². The number of hydrogen-bond acceptors (Lipinski definition) is 6. The smallest absolute Gasteiger partial charge is 0.311 e. The summed E-state index contributed by atoms with van der Waals surface area (Å²) in [6.45, 7) is 1.58. The zero-order chi connectivity index (χ0) is 12.3. The van der Waals surface area contributed by atoms with Gasteiger partial charge in [0.15, 0.2) is 0 Å². The van der Waals surface area contributed by atoms with E-state index < -0.39 is 4.92 Å². The molecule has 1 aromatic heterocycles. The van der Waals surface area contributed by atoms with Gasteiger partial charge < -0.3 is 10.6 Å². The number of pyridine rings is 1. The Hall–Kier alpha value is -1.50. The maximum Gasteiger partial charge on any atom is 0.311 e. The fraction of sp³-hybridized carbons (Fsp3) is 0.500. The summed E-state index contributed by atoms with van der Waals surface area (Å²) in [7, 11) is 0. The number of thioether (sulfide) groups is 1. The van der Waals surface area contributed by atoms with Crippen molar-refractivity contribution in [1.29, 1.82) is 0 Å². The van der Waals surface area contributed by atoms with Gasteiger partial charge in [-0.25, -0.2) is 4.98 Å². The molecule has 2 heterocycles. The van der Waals surface area contributed by atoms with Gasteiger partial charge in [0.05, 0.1) is 4.92 Å². The molecule has 17 heavy (non-hydrogen) atoms. The van der Waals surface area contributed by atoms with Crippen LogP contribution in [0.25, 0.3) is 0 Å². The Morgan fingerprint density at radius 2 is 2.24 bits per heavy atom. The minimum absolute atomic E-state index is 0.0334. The van der Waals surface area contributed by atoms with Crippen LogP contribution in [0.15, 0.2) is 12.1 Å². The van der Waals surface area contributed by atoms with Gasteiger partial charge in [-0.1, -0.05) is 0 Å². The quantitative estimate of drug-likeness (QED) is 0.636. The zero-order valence-corrected chi connectivity index (χ0v) is 10.2. The van der Waals surface area contributed by atoms with Crippen molar-refractivity contribution < 1.29 is 4.92 Å². The Balaban J connectivity index is 2.34. The van der Waals surface area contributed by atoms with Crippen molar-refractivity contribution in [2.75, 3.05) is 35.2 Å². The van der Waals surface area contributed by atoms with E-state index in [4.69, 9.17) is 5.73 Å². The van der Waals surface area contributed by atoms with Gasteiger partial charge >= 0.3 is 5.69 Å². The third-order valence-electron chi connectivity index (χ3n) is 2.59.